The summed E-state index contributed by atoms with van der Waals surface area (Å²) < 4.78 is 35.2. The summed E-state index contributed by atoms with van der Waals surface area (Å²) in [4.78, 5) is 0.242. The van der Waals surface area contributed by atoms with Gasteiger partial charge in [-0.3, -0.25) is 0 Å². The Balaban J connectivity index is 1.66. The van der Waals surface area contributed by atoms with E-state index in [2.05, 4.69) is 27.6 Å². The standard InChI is InChI=1S/C20H24N2O3S/c1-15(2)25-17-8-10-18(11-9-17)26(23,24)21-13-12-16-14-22(3)20-7-5-4-6-19(16)20/h4-11,14-15,21H,12-13H2,1-3H3. The van der Waals surface area contributed by atoms with E-state index in [4.69, 9.17) is 4.74 Å². The van der Waals surface area contributed by atoms with Gasteiger partial charge in [-0.15, -0.1) is 0 Å². The van der Waals surface area contributed by atoms with Crippen LogP contribution in [-0.4, -0.2) is 25.6 Å². The first-order chi connectivity index (χ1) is 12.4. The van der Waals surface area contributed by atoms with E-state index in [0.29, 0.717) is 18.7 Å². The lowest BCUT2D eigenvalue weighted by Gasteiger charge is -2.11. The first kappa shape index (κ1) is 18.5. The highest BCUT2D eigenvalue weighted by Crippen LogP contribution is 2.21. The van der Waals surface area contributed by atoms with Crippen LogP contribution >= 0.6 is 0 Å². The van der Waals surface area contributed by atoms with Crippen LogP contribution in [0.5, 0.6) is 5.75 Å². The lowest BCUT2D eigenvalue weighted by molar-refractivity contribution is 0.242. The Bertz CT molecular complexity index is 990. The molecule has 0 spiro atoms. The third kappa shape index (κ3) is 4.08. The maximum Gasteiger partial charge on any atom is 0.240 e. The molecule has 6 heteroatoms. The normalized spacial score (nSPS) is 12.0. The van der Waals surface area contributed by atoms with Gasteiger partial charge in [0.25, 0.3) is 0 Å². The average Bonchev–Trinajstić information content (AvgIpc) is 2.91. The predicted molar refractivity (Wildman–Crippen MR) is 104 cm³/mol. The van der Waals surface area contributed by atoms with E-state index in [9.17, 15) is 8.42 Å². The molecule has 0 aliphatic rings. The van der Waals surface area contributed by atoms with Crippen LogP contribution in [0.4, 0.5) is 0 Å². The van der Waals surface area contributed by atoms with Crippen molar-refractivity contribution in [2.45, 2.75) is 31.3 Å². The molecule has 0 bridgehead atoms. The van der Waals surface area contributed by atoms with Gasteiger partial charge in [0.05, 0.1) is 11.0 Å². The zero-order valence-corrected chi connectivity index (χ0v) is 16.1. The molecule has 2 aromatic carbocycles. The molecule has 0 aliphatic carbocycles. The largest absolute Gasteiger partial charge is 0.491 e. The highest BCUT2D eigenvalue weighted by atomic mass is 32.2. The Morgan fingerprint density at radius 1 is 1.08 bits per heavy atom. The van der Waals surface area contributed by atoms with Crippen molar-refractivity contribution in [2.75, 3.05) is 6.54 Å². The Labute approximate surface area is 154 Å². The van der Waals surface area contributed by atoms with Gasteiger partial charge >= 0.3 is 0 Å². The van der Waals surface area contributed by atoms with Gasteiger partial charge in [0.1, 0.15) is 5.75 Å². The van der Waals surface area contributed by atoms with Gasteiger partial charge in [0.2, 0.25) is 10.0 Å². The summed E-state index contributed by atoms with van der Waals surface area (Å²) in [7, 11) is -1.54. The lowest BCUT2D eigenvalue weighted by atomic mass is 10.1. The Morgan fingerprint density at radius 3 is 2.46 bits per heavy atom. The van der Waals surface area contributed by atoms with Gasteiger partial charge < -0.3 is 9.30 Å². The summed E-state index contributed by atoms with van der Waals surface area (Å²) >= 11 is 0. The molecular formula is C20H24N2O3S. The SMILES string of the molecule is CC(C)Oc1ccc(S(=O)(=O)NCCc2cn(C)c3ccccc23)cc1. The van der Waals surface area contributed by atoms with E-state index in [-0.39, 0.29) is 11.0 Å². The molecule has 0 amide bonds. The van der Waals surface area contributed by atoms with E-state index >= 15 is 0 Å². The Morgan fingerprint density at radius 2 is 1.77 bits per heavy atom. The number of aryl methyl sites for hydroxylation is 1. The van der Waals surface area contributed by atoms with E-state index in [0.717, 1.165) is 16.5 Å². The van der Waals surface area contributed by atoms with Gasteiger partial charge in [0.15, 0.2) is 0 Å². The molecule has 0 radical (unpaired) electrons. The quantitative estimate of drug-likeness (QED) is 0.691. The highest BCUT2D eigenvalue weighted by molar-refractivity contribution is 7.89. The number of sulfonamides is 1. The van der Waals surface area contributed by atoms with E-state index in [1.807, 2.05) is 33.0 Å². The van der Waals surface area contributed by atoms with Crippen LogP contribution in [0.15, 0.2) is 59.6 Å². The van der Waals surface area contributed by atoms with Gasteiger partial charge in [-0.1, -0.05) is 18.2 Å². The molecule has 5 nitrogen and oxygen atoms in total. The molecule has 0 unspecified atom stereocenters. The maximum absolute atomic E-state index is 12.5. The zero-order chi connectivity index (χ0) is 18.7. The molecule has 0 saturated heterocycles. The first-order valence-corrected chi connectivity index (χ1v) is 10.1. The second-order valence-corrected chi connectivity index (χ2v) is 8.34. The predicted octanol–water partition coefficient (Wildman–Crippen LogP) is 3.49. The molecule has 3 rings (SSSR count). The van der Waals surface area contributed by atoms with Crippen LogP contribution in [0.1, 0.15) is 19.4 Å². The molecule has 138 valence electrons. The number of para-hydroxylation sites is 1. The van der Waals surface area contributed by atoms with E-state index < -0.39 is 10.0 Å². The third-order valence-corrected chi connectivity index (χ3v) is 5.65. The van der Waals surface area contributed by atoms with Gasteiger partial charge in [0, 0.05) is 30.7 Å². The number of ether oxygens (including phenoxy) is 1. The molecular weight excluding hydrogens is 348 g/mol. The van der Waals surface area contributed by atoms with Crippen molar-refractivity contribution in [2.24, 2.45) is 7.05 Å². The molecule has 0 saturated carbocycles. The minimum Gasteiger partial charge on any atom is -0.491 e. The Kier molecular flexibility index (Phi) is 5.34. The van der Waals surface area contributed by atoms with Crippen LogP contribution in [0.3, 0.4) is 0 Å². The van der Waals surface area contributed by atoms with Gasteiger partial charge in [-0.2, -0.15) is 0 Å². The van der Waals surface area contributed by atoms with Gasteiger partial charge in [-0.05, 0) is 56.2 Å². The second kappa shape index (κ2) is 7.51. The summed E-state index contributed by atoms with van der Waals surface area (Å²) in [5.41, 5.74) is 2.28. The van der Waals surface area contributed by atoms with Crippen LogP contribution in [0.2, 0.25) is 0 Å². The number of aromatic nitrogens is 1. The summed E-state index contributed by atoms with van der Waals surface area (Å²) in [5, 5.41) is 1.16. The van der Waals surface area contributed by atoms with Gasteiger partial charge in [-0.25, -0.2) is 13.1 Å². The highest BCUT2D eigenvalue weighted by Gasteiger charge is 2.14. The van der Waals surface area contributed by atoms with Crippen molar-refractivity contribution in [1.82, 2.24) is 9.29 Å². The lowest BCUT2D eigenvalue weighted by Crippen LogP contribution is -2.26. The summed E-state index contributed by atoms with van der Waals surface area (Å²) in [6.45, 7) is 4.21. The average molecular weight is 372 g/mol. The molecule has 0 atom stereocenters. The topological polar surface area (TPSA) is 60.3 Å². The fourth-order valence-electron chi connectivity index (χ4n) is 3.00. The number of hydrogen-bond donors (Lipinski definition) is 1. The van der Waals surface area contributed by atoms with Crippen molar-refractivity contribution in [3.05, 3.63) is 60.3 Å². The van der Waals surface area contributed by atoms with Crippen LogP contribution in [-0.2, 0) is 23.5 Å². The van der Waals surface area contributed by atoms with Crippen LogP contribution in [0, 0.1) is 0 Å². The molecule has 0 aliphatic heterocycles. The molecule has 1 heterocycles. The smallest absolute Gasteiger partial charge is 0.240 e. The minimum absolute atomic E-state index is 0.0521. The molecule has 3 aromatic rings. The summed E-state index contributed by atoms with van der Waals surface area (Å²) in [6, 6.07) is 14.6. The summed E-state index contributed by atoms with van der Waals surface area (Å²) in [5.74, 6) is 0.662. The molecule has 1 N–H and O–H groups in total. The van der Waals surface area contributed by atoms with Crippen molar-refractivity contribution in [3.8, 4) is 5.75 Å². The number of nitrogens with zero attached hydrogens (tertiary/aromatic N) is 1. The zero-order valence-electron chi connectivity index (χ0n) is 15.3. The fraction of sp³-hybridized carbons (Fsp3) is 0.300. The monoisotopic (exact) mass is 372 g/mol. The van der Waals surface area contributed by atoms with Crippen LogP contribution in [0.25, 0.3) is 10.9 Å². The van der Waals surface area contributed by atoms with Crippen molar-refractivity contribution >= 4 is 20.9 Å². The maximum atomic E-state index is 12.5. The third-order valence-electron chi connectivity index (χ3n) is 4.17. The Hall–Kier alpha value is -2.31. The number of benzene rings is 2. The summed E-state index contributed by atoms with van der Waals surface area (Å²) in [6.07, 6.45) is 2.74. The number of rotatable bonds is 7. The van der Waals surface area contributed by atoms with Crippen molar-refractivity contribution in [3.63, 3.8) is 0 Å². The molecule has 26 heavy (non-hydrogen) atoms. The number of nitrogens with one attached hydrogen (secondary N) is 1. The second-order valence-electron chi connectivity index (χ2n) is 6.57. The molecule has 1 aromatic heterocycles. The number of hydrogen-bond acceptors (Lipinski definition) is 3. The fourth-order valence-corrected chi connectivity index (χ4v) is 4.03. The van der Waals surface area contributed by atoms with Crippen molar-refractivity contribution in [1.29, 1.82) is 0 Å². The van der Waals surface area contributed by atoms with Crippen molar-refractivity contribution < 1.29 is 13.2 Å². The van der Waals surface area contributed by atoms with Crippen LogP contribution < -0.4 is 9.46 Å². The number of fused-ring (bicyclic) bond motifs is 1. The van der Waals surface area contributed by atoms with E-state index in [1.165, 1.54) is 0 Å². The first-order valence-electron chi connectivity index (χ1n) is 8.66. The minimum atomic E-state index is -3.53. The van der Waals surface area contributed by atoms with E-state index in [1.54, 1.807) is 24.3 Å². The molecule has 0 fully saturated rings.